The van der Waals surface area contributed by atoms with E-state index in [9.17, 15) is 10.1 Å². The van der Waals surface area contributed by atoms with Crippen molar-refractivity contribution < 1.29 is 9.66 Å². The standard InChI is InChI=1S/C11H19N5O3/c1-9-10(16(17)18)11(14(2)13-9)12-3-4-15-5-7-19-8-6-15/h12H,3-8H2,1-2H3. The average molecular weight is 269 g/mol. The zero-order chi connectivity index (χ0) is 13.8. The van der Waals surface area contributed by atoms with E-state index in [1.165, 1.54) is 4.68 Å². The summed E-state index contributed by atoms with van der Waals surface area (Å²) in [6.45, 7) is 6.47. The molecule has 19 heavy (non-hydrogen) atoms. The molecule has 106 valence electrons. The van der Waals surface area contributed by atoms with Crippen LogP contribution in [-0.2, 0) is 11.8 Å². The zero-order valence-corrected chi connectivity index (χ0v) is 11.3. The maximum absolute atomic E-state index is 11.0. The van der Waals surface area contributed by atoms with Gasteiger partial charge in [-0.3, -0.25) is 15.0 Å². The molecule has 1 saturated heterocycles. The van der Waals surface area contributed by atoms with Gasteiger partial charge in [-0.15, -0.1) is 0 Å². The third kappa shape index (κ3) is 3.21. The first-order valence-electron chi connectivity index (χ1n) is 6.31. The molecule has 0 bridgehead atoms. The quantitative estimate of drug-likeness (QED) is 0.614. The number of nitrogens with zero attached hydrogens (tertiary/aromatic N) is 4. The highest BCUT2D eigenvalue weighted by Gasteiger charge is 2.23. The fraction of sp³-hybridized carbons (Fsp3) is 0.727. The van der Waals surface area contributed by atoms with Crippen molar-refractivity contribution in [1.82, 2.24) is 14.7 Å². The molecule has 2 heterocycles. The van der Waals surface area contributed by atoms with E-state index in [0.29, 0.717) is 18.1 Å². The van der Waals surface area contributed by atoms with Crippen LogP contribution in [0.3, 0.4) is 0 Å². The molecule has 1 aliphatic heterocycles. The molecule has 0 aromatic carbocycles. The molecule has 0 aliphatic carbocycles. The molecule has 0 saturated carbocycles. The number of rotatable bonds is 5. The number of ether oxygens (including phenoxy) is 1. The fourth-order valence-electron chi connectivity index (χ4n) is 2.22. The topological polar surface area (TPSA) is 85.5 Å². The summed E-state index contributed by atoms with van der Waals surface area (Å²) in [6.07, 6.45) is 0. The molecular weight excluding hydrogens is 250 g/mol. The second-order valence-electron chi connectivity index (χ2n) is 4.54. The largest absolute Gasteiger partial charge is 0.379 e. The molecular formula is C11H19N5O3. The first kappa shape index (κ1) is 13.8. The van der Waals surface area contributed by atoms with Gasteiger partial charge in [-0.1, -0.05) is 0 Å². The number of anilines is 1. The minimum absolute atomic E-state index is 0.0597. The van der Waals surface area contributed by atoms with Crippen LogP contribution in [0.5, 0.6) is 0 Å². The van der Waals surface area contributed by atoms with Gasteiger partial charge in [0.25, 0.3) is 0 Å². The van der Waals surface area contributed by atoms with Crippen LogP contribution in [0.15, 0.2) is 0 Å². The normalized spacial score (nSPS) is 16.5. The second-order valence-corrected chi connectivity index (χ2v) is 4.54. The Labute approximate surface area is 111 Å². The molecule has 8 heteroatoms. The predicted molar refractivity (Wildman–Crippen MR) is 70.3 cm³/mol. The van der Waals surface area contributed by atoms with Crippen molar-refractivity contribution in [2.24, 2.45) is 7.05 Å². The number of nitro groups is 1. The van der Waals surface area contributed by atoms with Crippen molar-refractivity contribution in [3.05, 3.63) is 15.8 Å². The maximum Gasteiger partial charge on any atom is 0.333 e. The van der Waals surface area contributed by atoms with Crippen LogP contribution < -0.4 is 5.32 Å². The number of hydrogen-bond donors (Lipinski definition) is 1. The van der Waals surface area contributed by atoms with E-state index in [2.05, 4.69) is 15.3 Å². The maximum atomic E-state index is 11.0. The Bertz CT molecular complexity index is 453. The Morgan fingerprint density at radius 1 is 1.47 bits per heavy atom. The van der Waals surface area contributed by atoms with Crippen molar-refractivity contribution in [3.8, 4) is 0 Å². The molecule has 0 radical (unpaired) electrons. The summed E-state index contributed by atoms with van der Waals surface area (Å²) in [7, 11) is 1.71. The van der Waals surface area contributed by atoms with E-state index in [-0.39, 0.29) is 10.6 Å². The Morgan fingerprint density at radius 2 is 2.16 bits per heavy atom. The first-order valence-corrected chi connectivity index (χ1v) is 6.31. The van der Waals surface area contributed by atoms with Gasteiger partial charge in [0.1, 0.15) is 5.69 Å². The van der Waals surface area contributed by atoms with Crippen LogP contribution in [-0.4, -0.2) is 59.0 Å². The van der Waals surface area contributed by atoms with E-state index in [1.54, 1.807) is 14.0 Å². The first-order chi connectivity index (χ1) is 9.09. The molecule has 1 aromatic rings. The van der Waals surface area contributed by atoms with Crippen LogP contribution in [0.2, 0.25) is 0 Å². The van der Waals surface area contributed by atoms with Gasteiger partial charge in [0.15, 0.2) is 0 Å². The summed E-state index contributed by atoms with van der Waals surface area (Å²) in [5, 5.41) is 18.2. The molecule has 0 spiro atoms. The highest BCUT2D eigenvalue weighted by molar-refractivity contribution is 5.59. The van der Waals surface area contributed by atoms with Crippen LogP contribution in [0.4, 0.5) is 11.5 Å². The smallest absolute Gasteiger partial charge is 0.333 e. The number of aryl methyl sites for hydroxylation is 2. The second kappa shape index (κ2) is 5.98. The lowest BCUT2D eigenvalue weighted by atomic mass is 10.3. The summed E-state index contributed by atoms with van der Waals surface area (Å²) in [5.41, 5.74) is 0.492. The molecule has 1 aliphatic rings. The van der Waals surface area contributed by atoms with Gasteiger partial charge in [0, 0.05) is 33.2 Å². The number of morpholine rings is 1. The Balaban J connectivity index is 1.93. The average Bonchev–Trinajstić information content (AvgIpc) is 2.65. The molecule has 0 amide bonds. The van der Waals surface area contributed by atoms with Gasteiger partial charge in [-0.25, -0.2) is 4.68 Å². The van der Waals surface area contributed by atoms with Gasteiger partial charge in [0.2, 0.25) is 5.82 Å². The van der Waals surface area contributed by atoms with E-state index >= 15 is 0 Å². The fourth-order valence-corrected chi connectivity index (χ4v) is 2.22. The monoisotopic (exact) mass is 269 g/mol. The number of aromatic nitrogens is 2. The molecule has 0 unspecified atom stereocenters. The summed E-state index contributed by atoms with van der Waals surface area (Å²) >= 11 is 0. The third-order valence-corrected chi connectivity index (χ3v) is 3.20. The van der Waals surface area contributed by atoms with Gasteiger partial charge in [-0.05, 0) is 6.92 Å². The summed E-state index contributed by atoms with van der Waals surface area (Å²) in [4.78, 5) is 12.9. The number of nitrogens with one attached hydrogen (secondary N) is 1. The van der Waals surface area contributed by atoms with Crippen molar-refractivity contribution >= 4 is 11.5 Å². The number of hydrogen-bond acceptors (Lipinski definition) is 6. The summed E-state index contributed by atoms with van der Waals surface area (Å²) in [6, 6.07) is 0. The Hall–Kier alpha value is -1.67. The van der Waals surface area contributed by atoms with Crippen LogP contribution >= 0.6 is 0 Å². The van der Waals surface area contributed by atoms with E-state index in [1.807, 2.05) is 0 Å². The Kier molecular flexibility index (Phi) is 4.33. The zero-order valence-electron chi connectivity index (χ0n) is 11.3. The van der Waals surface area contributed by atoms with Gasteiger partial charge in [-0.2, -0.15) is 5.10 Å². The lowest BCUT2D eigenvalue weighted by Gasteiger charge is -2.26. The van der Waals surface area contributed by atoms with Gasteiger partial charge in [0.05, 0.1) is 18.1 Å². The van der Waals surface area contributed by atoms with Crippen LogP contribution in [0.1, 0.15) is 5.69 Å². The highest BCUT2D eigenvalue weighted by atomic mass is 16.6. The van der Waals surface area contributed by atoms with E-state index in [0.717, 1.165) is 32.8 Å². The molecule has 1 N–H and O–H groups in total. The minimum atomic E-state index is -0.389. The lowest BCUT2D eigenvalue weighted by molar-refractivity contribution is -0.384. The van der Waals surface area contributed by atoms with E-state index in [4.69, 9.17) is 4.74 Å². The third-order valence-electron chi connectivity index (χ3n) is 3.20. The van der Waals surface area contributed by atoms with Crippen molar-refractivity contribution in [1.29, 1.82) is 0 Å². The highest BCUT2D eigenvalue weighted by Crippen LogP contribution is 2.26. The summed E-state index contributed by atoms with van der Waals surface area (Å²) < 4.78 is 6.79. The molecule has 2 rings (SSSR count). The Morgan fingerprint density at radius 3 is 2.79 bits per heavy atom. The minimum Gasteiger partial charge on any atom is -0.379 e. The van der Waals surface area contributed by atoms with Crippen LogP contribution in [0, 0.1) is 17.0 Å². The van der Waals surface area contributed by atoms with Gasteiger partial charge >= 0.3 is 5.69 Å². The predicted octanol–water partition coefficient (Wildman–Crippen LogP) is 0.381. The molecule has 1 aromatic heterocycles. The molecule has 8 nitrogen and oxygen atoms in total. The van der Waals surface area contributed by atoms with Crippen molar-refractivity contribution in [3.63, 3.8) is 0 Å². The SMILES string of the molecule is Cc1nn(C)c(NCCN2CCOCC2)c1[N+](=O)[O-]. The van der Waals surface area contributed by atoms with Crippen molar-refractivity contribution in [2.75, 3.05) is 44.7 Å². The van der Waals surface area contributed by atoms with Gasteiger partial charge < -0.3 is 10.1 Å². The summed E-state index contributed by atoms with van der Waals surface area (Å²) in [5.74, 6) is 0.468. The van der Waals surface area contributed by atoms with Crippen molar-refractivity contribution in [2.45, 2.75) is 6.92 Å². The molecule has 0 atom stereocenters. The van der Waals surface area contributed by atoms with E-state index < -0.39 is 0 Å². The lowest BCUT2D eigenvalue weighted by Crippen LogP contribution is -2.39. The van der Waals surface area contributed by atoms with Crippen LogP contribution in [0.25, 0.3) is 0 Å². The molecule has 1 fully saturated rings.